The van der Waals surface area contributed by atoms with Crippen molar-refractivity contribution in [3.05, 3.63) is 0 Å². The second-order valence-corrected chi connectivity index (χ2v) is 4.49. The molecule has 1 nitrogen and oxygen atoms in total. The second kappa shape index (κ2) is 2.19. The maximum Gasteiger partial charge on any atom is 0.114 e. The zero-order valence-electron chi connectivity index (χ0n) is 7.31. The first-order valence-electron chi connectivity index (χ1n) is 4.50. The second-order valence-electron chi connectivity index (χ2n) is 4.49. The molecule has 2 aliphatic rings. The van der Waals surface area contributed by atoms with Gasteiger partial charge in [-0.05, 0) is 33.1 Å². The van der Waals surface area contributed by atoms with Crippen LogP contribution in [0.2, 0.25) is 0 Å². The Morgan fingerprint density at radius 3 is 2.82 bits per heavy atom. The van der Waals surface area contributed by atoms with Crippen molar-refractivity contribution in [2.45, 2.75) is 50.9 Å². The molecule has 0 aliphatic carbocycles. The van der Waals surface area contributed by atoms with Crippen molar-refractivity contribution in [3.63, 3.8) is 0 Å². The summed E-state index contributed by atoms with van der Waals surface area (Å²) in [4.78, 5) is 2.34. The molecule has 64 valence electrons. The highest BCUT2D eigenvalue weighted by atomic mass is 19.1. The third-order valence-electron chi connectivity index (χ3n) is 3.23. The fraction of sp³-hybridized carbons (Fsp3) is 1.00. The van der Waals surface area contributed by atoms with E-state index in [1.54, 1.807) is 0 Å². The van der Waals surface area contributed by atoms with Gasteiger partial charge in [-0.2, -0.15) is 0 Å². The molecule has 0 radical (unpaired) electrons. The summed E-state index contributed by atoms with van der Waals surface area (Å²) in [6, 6.07) is 0.556. The van der Waals surface area contributed by atoms with E-state index in [0.29, 0.717) is 12.6 Å². The Labute approximate surface area is 67.6 Å². The molecule has 2 atom stereocenters. The van der Waals surface area contributed by atoms with Crippen LogP contribution in [0, 0.1) is 0 Å². The van der Waals surface area contributed by atoms with Crippen LogP contribution in [-0.2, 0) is 0 Å². The molecule has 2 heterocycles. The molecule has 2 rings (SSSR count). The van der Waals surface area contributed by atoms with Gasteiger partial charge in [0.05, 0.1) is 0 Å². The predicted molar refractivity (Wildman–Crippen MR) is 43.3 cm³/mol. The van der Waals surface area contributed by atoms with Crippen LogP contribution in [-0.4, -0.2) is 29.2 Å². The molecule has 11 heavy (non-hydrogen) atoms. The van der Waals surface area contributed by atoms with Crippen molar-refractivity contribution in [1.29, 1.82) is 0 Å². The summed E-state index contributed by atoms with van der Waals surface area (Å²) in [6.45, 7) is 5.13. The summed E-state index contributed by atoms with van der Waals surface area (Å²) in [5.74, 6) is 0. The standard InChI is InChI=1S/C9H16FN/c1-9(2)4-3-8-5-7(10)6-11(8)9/h7-8H,3-6H2,1-2H3/t7-,8+/m1/s1. The molecule has 0 aromatic heterocycles. The number of nitrogens with zero attached hydrogens (tertiary/aromatic N) is 1. The van der Waals surface area contributed by atoms with E-state index in [4.69, 9.17) is 0 Å². The molecule has 2 heteroatoms. The summed E-state index contributed by atoms with van der Waals surface area (Å²) in [6.07, 6.45) is 2.67. The van der Waals surface area contributed by atoms with Gasteiger partial charge in [-0.15, -0.1) is 0 Å². The lowest BCUT2D eigenvalue weighted by atomic mass is 10.0. The highest BCUT2D eigenvalue weighted by molar-refractivity contribution is 5.00. The third-order valence-corrected chi connectivity index (χ3v) is 3.23. The molecule has 0 bridgehead atoms. The molecule has 2 saturated heterocycles. The smallest absolute Gasteiger partial charge is 0.114 e. The Hall–Kier alpha value is -0.110. The quantitative estimate of drug-likeness (QED) is 0.519. The van der Waals surface area contributed by atoms with Crippen LogP contribution >= 0.6 is 0 Å². The average Bonchev–Trinajstić information content (AvgIpc) is 2.35. The maximum atomic E-state index is 12.9. The number of rotatable bonds is 0. The van der Waals surface area contributed by atoms with Crippen molar-refractivity contribution in [3.8, 4) is 0 Å². The van der Waals surface area contributed by atoms with Gasteiger partial charge in [0.2, 0.25) is 0 Å². The van der Waals surface area contributed by atoms with Crippen molar-refractivity contribution in [2.75, 3.05) is 6.54 Å². The Kier molecular flexibility index (Phi) is 1.50. The SMILES string of the molecule is CC1(C)CC[C@H]2C[C@@H](F)CN21. The zero-order chi connectivity index (χ0) is 8.06. The van der Waals surface area contributed by atoms with Gasteiger partial charge in [0.15, 0.2) is 0 Å². The fourth-order valence-electron chi connectivity index (χ4n) is 2.54. The molecule has 2 fully saturated rings. The summed E-state index contributed by atoms with van der Waals surface area (Å²) < 4.78 is 12.9. The van der Waals surface area contributed by atoms with E-state index in [1.165, 1.54) is 12.8 Å². The van der Waals surface area contributed by atoms with Crippen molar-refractivity contribution in [1.82, 2.24) is 4.90 Å². The van der Waals surface area contributed by atoms with Gasteiger partial charge in [-0.25, -0.2) is 4.39 Å². The van der Waals surface area contributed by atoms with E-state index in [2.05, 4.69) is 18.7 Å². The summed E-state index contributed by atoms with van der Waals surface area (Å²) >= 11 is 0. The van der Waals surface area contributed by atoms with E-state index in [0.717, 1.165) is 6.42 Å². The van der Waals surface area contributed by atoms with Gasteiger partial charge >= 0.3 is 0 Å². The molecule has 0 saturated carbocycles. The van der Waals surface area contributed by atoms with E-state index in [9.17, 15) is 4.39 Å². The van der Waals surface area contributed by atoms with Crippen LogP contribution in [0.5, 0.6) is 0 Å². The Morgan fingerprint density at radius 1 is 1.45 bits per heavy atom. The molecule has 0 aromatic rings. The molecule has 0 aromatic carbocycles. The van der Waals surface area contributed by atoms with Gasteiger partial charge in [-0.1, -0.05) is 0 Å². The Morgan fingerprint density at radius 2 is 2.18 bits per heavy atom. The molecule has 0 amide bonds. The molecule has 0 N–H and O–H groups in total. The van der Waals surface area contributed by atoms with Crippen LogP contribution in [0.3, 0.4) is 0 Å². The molecule has 0 spiro atoms. The Balaban J connectivity index is 2.13. The number of hydrogen-bond donors (Lipinski definition) is 0. The first-order valence-corrected chi connectivity index (χ1v) is 4.50. The van der Waals surface area contributed by atoms with Crippen molar-refractivity contribution < 1.29 is 4.39 Å². The molecular formula is C9H16FN. The highest BCUT2D eigenvalue weighted by Crippen LogP contribution is 2.39. The fourth-order valence-corrected chi connectivity index (χ4v) is 2.54. The van der Waals surface area contributed by atoms with E-state index in [-0.39, 0.29) is 5.54 Å². The molecule has 0 unspecified atom stereocenters. The Bertz CT molecular complexity index is 167. The molecular weight excluding hydrogens is 141 g/mol. The van der Waals surface area contributed by atoms with Gasteiger partial charge < -0.3 is 0 Å². The first kappa shape index (κ1) is 7.53. The lowest BCUT2D eigenvalue weighted by Gasteiger charge is -2.30. The minimum absolute atomic E-state index is 0.269. The van der Waals surface area contributed by atoms with Crippen LogP contribution in [0.25, 0.3) is 0 Å². The van der Waals surface area contributed by atoms with Crippen LogP contribution in [0.15, 0.2) is 0 Å². The van der Waals surface area contributed by atoms with E-state index < -0.39 is 6.17 Å². The number of fused-ring (bicyclic) bond motifs is 1. The van der Waals surface area contributed by atoms with Crippen molar-refractivity contribution in [2.24, 2.45) is 0 Å². The summed E-state index contributed by atoms with van der Waals surface area (Å²) in [5, 5.41) is 0. The van der Waals surface area contributed by atoms with Gasteiger partial charge in [0.1, 0.15) is 6.17 Å². The average molecular weight is 157 g/mol. The summed E-state index contributed by atoms with van der Waals surface area (Å²) in [7, 11) is 0. The third kappa shape index (κ3) is 1.08. The topological polar surface area (TPSA) is 3.24 Å². The van der Waals surface area contributed by atoms with Gasteiger partial charge in [0, 0.05) is 18.1 Å². The minimum Gasteiger partial charge on any atom is -0.292 e. The number of hydrogen-bond acceptors (Lipinski definition) is 1. The van der Waals surface area contributed by atoms with Gasteiger partial charge in [0.25, 0.3) is 0 Å². The van der Waals surface area contributed by atoms with E-state index in [1.807, 2.05) is 0 Å². The summed E-state index contributed by atoms with van der Waals surface area (Å²) in [5.41, 5.74) is 0.269. The van der Waals surface area contributed by atoms with Crippen LogP contribution in [0.1, 0.15) is 33.1 Å². The largest absolute Gasteiger partial charge is 0.292 e. The monoisotopic (exact) mass is 157 g/mol. The first-order chi connectivity index (χ1) is 5.09. The van der Waals surface area contributed by atoms with Crippen LogP contribution in [0.4, 0.5) is 4.39 Å². The molecule has 2 aliphatic heterocycles. The van der Waals surface area contributed by atoms with Crippen molar-refractivity contribution >= 4 is 0 Å². The highest BCUT2D eigenvalue weighted by Gasteiger charge is 2.45. The lowest BCUT2D eigenvalue weighted by Crippen LogP contribution is -2.39. The zero-order valence-corrected chi connectivity index (χ0v) is 7.31. The number of alkyl halides is 1. The maximum absolute atomic E-state index is 12.9. The van der Waals surface area contributed by atoms with Crippen LogP contribution < -0.4 is 0 Å². The minimum atomic E-state index is -0.556. The predicted octanol–water partition coefficient (Wildman–Crippen LogP) is 1.97. The number of halogens is 1. The normalized spacial score (nSPS) is 42.8. The van der Waals surface area contributed by atoms with Gasteiger partial charge in [-0.3, -0.25) is 4.90 Å². The van der Waals surface area contributed by atoms with E-state index >= 15 is 0 Å². The lowest BCUT2D eigenvalue weighted by molar-refractivity contribution is 0.158.